The van der Waals surface area contributed by atoms with Gasteiger partial charge in [0.15, 0.2) is 0 Å². The molecule has 1 aromatic heterocycles. The molecule has 1 aromatic carbocycles. The molecule has 0 atom stereocenters. The second kappa shape index (κ2) is 4.65. The van der Waals surface area contributed by atoms with E-state index < -0.39 is 5.97 Å². The zero-order chi connectivity index (χ0) is 12.3. The molecule has 2 aromatic rings. The predicted octanol–water partition coefficient (Wildman–Crippen LogP) is 2.31. The average molecular weight is 229 g/mol. The molecular formula is C13H11NO3. The van der Waals surface area contributed by atoms with Crippen molar-refractivity contribution in [3.63, 3.8) is 0 Å². The van der Waals surface area contributed by atoms with Gasteiger partial charge in [-0.15, -0.1) is 0 Å². The molecule has 4 nitrogen and oxygen atoms in total. The van der Waals surface area contributed by atoms with Gasteiger partial charge in [-0.1, -0.05) is 6.07 Å². The molecule has 0 saturated carbocycles. The third-order valence-corrected chi connectivity index (χ3v) is 2.36. The van der Waals surface area contributed by atoms with Crippen LogP contribution in [0.2, 0.25) is 0 Å². The fraction of sp³-hybridized carbons (Fsp3) is 0.0769. The smallest absolute Gasteiger partial charge is 0.345 e. The number of aromatic hydroxyl groups is 1. The van der Waals surface area contributed by atoms with Crippen LogP contribution in [-0.4, -0.2) is 16.1 Å². The molecule has 0 amide bonds. The summed E-state index contributed by atoms with van der Waals surface area (Å²) in [6.45, 7) is 1.68. The number of hydrogen-bond acceptors (Lipinski definition) is 4. The summed E-state index contributed by atoms with van der Waals surface area (Å²) in [5, 5.41) is 9.48. The van der Waals surface area contributed by atoms with Crippen molar-refractivity contribution >= 4 is 5.97 Å². The second-order valence-electron chi connectivity index (χ2n) is 3.53. The first kappa shape index (κ1) is 11.1. The zero-order valence-corrected chi connectivity index (χ0v) is 9.25. The van der Waals surface area contributed by atoms with Crippen LogP contribution in [0.3, 0.4) is 0 Å². The van der Waals surface area contributed by atoms with E-state index in [1.54, 1.807) is 37.4 Å². The minimum absolute atomic E-state index is 0.0986. The summed E-state index contributed by atoms with van der Waals surface area (Å²) in [4.78, 5) is 15.6. The van der Waals surface area contributed by atoms with Gasteiger partial charge >= 0.3 is 5.97 Å². The van der Waals surface area contributed by atoms with Gasteiger partial charge in [-0.3, -0.25) is 4.98 Å². The summed E-state index contributed by atoms with van der Waals surface area (Å²) in [5.41, 5.74) is 0.903. The standard InChI is InChI=1S/C13H11NO3/c1-9-11(15)5-2-6-12(9)17-13(16)10-4-3-7-14-8-10/h2-8,15H,1H3. The van der Waals surface area contributed by atoms with Crippen LogP contribution in [0.5, 0.6) is 11.5 Å². The Morgan fingerprint density at radius 3 is 2.82 bits per heavy atom. The Bertz CT molecular complexity index is 538. The predicted molar refractivity (Wildman–Crippen MR) is 62.0 cm³/mol. The monoisotopic (exact) mass is 229 g/mol. The summed E-state index contributed by atoms with van der Waals surface area (Å²) in [5.74, 6) is -0.0489. The maximum absolute atomic E-state index is 11.7. The van der Waals surface area contributed by atoms with Gasteiger partial charge < -0.3 is 9.84 Å². The maximum atomic E-state index is 11.7. The fourth-order valence-corrected chi connectivity index (χ4v) is 1.36. The molecule has 0 aliphatic carbocycles. The van der Waals surface area contributed by atoms with Crippen molar-refractivity contribution in [2.75, 3.05) is 0 Å². The second-order valence-corrected chi connectivity index (χ2v) is 3.53. The number of carbonyl (C=O) groups excluding carboxylic acids is 1. The molecule has 1 N–H and O–H groups in total. The molecule has 0 spiro atoms. The Morgan fingerprint density at radius 2 is 2.12 bits per heavy atom. The first-order valence-corrected chi connectivity index (χ1v) is 5.09. The maximum Gasteiger partial charge on any atom is 0.345 e. The first-order chi connectivity index (χ1) is 8.18. The number of phenolic OH excluding ortho intramolecular Hbond substituents is 1. The lowest BCUT2D eigenvalue weighted by Crippen LogP contribution is -2.09. The lowest BCUT2D eigenvalue weighted by molar-refractivity contribution is 0.0733. The zero-order valence-electron chi connectivity index (χ0n) is 9.25. The number of aromatic nitrogens is 1. The molecule has 2 rings (SSSR count). The number of nitrogens with zero attached hydrogens (tertiary/aromatic N) is 1. The molecule has 1 heterocycles. The third kappa shape index (κ3) is 2.42. The van der Waals surface area contributed by atoms with Crippen LogP contribution in [0, 0.1) is 6.92 Å². The van der Waals surface area contributed by atoms with E-state index in [1.165, 1.54) is 12.3 Å². The summed E-state index contributed by atoms with van der Waals surface area (Å²) in [7, 11) is 0. The van der Waals surface area contributed by atoms with Crippen molar-refractivity contribution in [3.05, 3.63) is 53.9 Å². The van der Waals surface area contributed by atoms with E-state index in [9.17, 15) is 9.90 Å². The lowest BCUT2D eigenvalue weighted by atomic mass is 10.2. The van der Waals surface area contributed by atoms with Crippen LogP contribution in [-0.2, 0) is 0 Å². The minimum atomic E-state index is -0.494. The summed E-state index contributed by atoms with van der Waals surface area (Å²) < 4.78 is 5.17. The van der Waals surface area contributed by atoms with E-state index in [4.69, 9.17) is 4.74 Å². The number of hydrogen-bond donors (Lipinski definition) is 1. The summed E-state index contributed by atoms with van der Waals surface area (Å²) in [6, 6.07) is 8.06. The fourth-order valence-electron chi connectivity index (χ4n) is 1.36. The molecule has 0 saturated heterocycles. The number of phenols is 1. The largest absolute Gasteiger partial charge is 0.508 e. The van der Waals surface area contributed by atoms with Gasteiger partial charge in [0.05, 0.1) is 5.56 Å². The number of rotatable bonds is 2. The Labute approximate surface area is 98.5 Å². The summed E-state index contributed by atoms with van der Waals surface area (Å²) >= 11 is 0. The SMILES string of the molecule is Cc1c(O)cccc1OC(=O)c1cccnc1. The van der Waals surface area contributed by atoms with E-state index >= 15 is 0 Å². The number of ether oxygens (including phenoxy) is 1. The van der Waals surface area contributed by atoms with Crippen LogP contribution in [0.1, 0.15) is 15.9 Å². The first-order valence-electron chi connectivity index (χ1n) is 5.09. The average Bonchev–Trinajstić information content (AvgIpc) is 2.36. The van der Waals surface area contributed by atoms with E-state index in [1.807, 2.05) is 0 Å². The molecule has 0 fully saturated rings. The normalized spacial score (nSPS) is 9.94. The van der Waals surface area contributed by atoms with Crippen LogP contribution < -0.4 is 4.74 Å². The highest BCUT2D eigenvalue weighted by Gasteiger charge is 2.11. The number of benzene rings is 1. The van der Waals surface area contributed by atoms with Crippen molar-refractivity contribution in [1.82, 2.24) is 4.98 Å². The van der Waals surface area contributed by atoms with Crippen molar-refractivity contribution in [2.45, 2.75) is 6.92 Å². The van der Waals surface area contributed by atoms with Gasteiger partial charge in [0.25, 0.3) is 0 Å². The Kier molecular flexibility index (Phi) is 3.05. The number of pyridine rings is 1. The van der Waals surface area contributed by atoms with Crippen molar-refractivity contribution in [3.8, 4) is 11.5 Å². The van der Waals surface area contributed by atoms with Gasteiger partial charge in [0, 0.05) is 18.0 Å². The molecule has 86 valence electrons. The molecule has 17 heavy (non-hydrogen) atoms. The number of carbonyl (C=O) groups is 1. The molecule has 0 bridgehead atoms. The Balaban J connectivity index is 2.22. The van der Waals surface area contributed by atoms with Gasteiger partial charge in [0.1, 0.15) is 11.5 Å². The van der Waals surface area contributed by atoms with E-state index in [2.05, 4.69) is 4.98 Å². The van der Waals surface area contributed by atoms with E-state index in [0.717, 1.165) is 0 Å². The van der Waals surface area contributed by atoms with Gasteiger partial charge in [0.2, 0.25) is 0 Å². The topological polar surface area (TPSA) is 59.4 Å². The third-order valence-electron chi connectivity index (χ3n) is 2.36. The molecular weight excluding hydrogens is 218 g/mol. The van der Waals surface area contributed by atoms with Crippen LogP contribution in [0.15, 0.2) is 42.7 Å². The highest BCUT2D eigenvalue weighted by Crippen LogP contribution is 2.26. The Hall–Kier alpha value is -2.36. The Morgan fingerprint density at radius 1 is 1.29 bits per heavy atom. The van der Waals surface area contributed by atoms with Gasteiger partial charge in [-0.2, -0.15) is 0 Å². The molecule has 4 heteroatoms. The highest BCUT2D eigenvalue weighted by atomic mass is 16.5. The van der Waals surface area contributed by atoms with Crippen LogP contribution >= 0.6 is 0 Å². The quantitative estimate of drug-likeness (QED) is 0.634. The summed E-state index contributed by atoms with van der Waals surface area (Å²) in [6.07, 6.45) is 3.01. The van der Waals surface area contributed by atoms with Crippen molar-refractivity contribution in [1.29, 1.82) is 0 Å². The molecule has 0 radical (unpaired) electrons. The highest BCUT2D eigenvalue weighted by molar-refractivity contribution is 5.90. The van der Waals surface area contributed by atoms with Gasteiger partial charge in [-0.25, -0.2) is 4.79 Å². The van der Waals surface area contributed by atoms with E-state index in [-0.39, 0.29) is 5.75 Å². The molecule has 0 aliphatic rings. The number of esters is 1. The molecule has 0 aliphatic heterocycles. The van der Waals surface area contributed by atoms with Crippen LogP contribution in [0.25, 0.3) is 0 Å². The van der Waals surface area contributed by atoms with Crippen molar-refractivity contribution < 1.29 is 14.6 Å². The van der Waals surface area contributed by atoms with E-state index in [0.29, 0.717) is 16.9 Å². The van der Waals surface area contributed by atoms with Gasteiger partial charge in [-0.05, 0) is 31.2 Å². The molecule has 0 unspecified atom stereocenters. The van der Waals surface area contributed by atoms with Crippen LogP contribution in [0.4, 0.5) is 0 Å². The van der Waals surface area contributed by atoms with Crippen molar-refractivity contribution in [2.24, 2.45) is 0 Å². The lowest BCUT2D eigenvalue weighted by Gasteiger charge is -2.07. The minimum Gasteiger partial charge on any atom is -0.508 e.